The van der Waals surface area contributed by atoms with Crippen LogP contribution in [0.2, 0.25) is 0 Å². The average Bonchev–Trinajstić information content (AvgIpc) is 2.16. The van der Waals surface area contributed by atoms with Gasteiger partial charge in [-0.25, -0.2) is 4.39 Å². The first-order chi connectivity index (χ1) is 5.83. The molecule has 0 heterocycles. The van der Waals surface area contributed by atoms with E-state index in [4.69, 9.17) is 10.5 Å². The first-order valence-corrected chi connectivity index (χ1v) is 3.74. The molecule has 1 rings (SSSR count). The zero-order valence-corrected chi connectivity index (χ0v) is 7.01. The highest BCUT2D eigenvalue weighted by molar-refractivity contribution is 5.39. The molecule has 0 bridgehead atoms. The summed E-state index contributed by atoms with van der Waals surface area (Å²) in [4.78, 5) is 0. The van der Waals surface area contributed by atoms with Gasteiger partial charge in [-0.2, -0.15) is 0 Å². The van der Waals surface area contributed by atoms with Crippen LogP contribution in [0.15, 0.2) is 18.2 Å². The van der Waals surface area contributed by atoms with Crippen molar-refractivity contribution in [2.45, 2.75) is 13.2 Å². The molecule has 0 fully saturated rings. The molecule has 0 atom stereocenters. The Morgan fingerprint density at radius 1 is 1.50 bits per heavy atom. The third-order valence-electron chi connectivity index (χ3n) is 1.80. The minimum Gasteiger partial charge on any atom is -0.496 e. The van der Waals surface area contributed by atoms with Gasteiger partial charge in [0, 0.05) is 12.1 Å². The van der Waals surface area contributed by atoms with Crippen LogP contribution in [0.3, 0.4) is 0 Å². The van der Waals surface area contributed by atoms with Gasteiger partial charge >= 0.3 is 0 Å². The Bertz CT molecular complexity index is 240. The highest BCUT2D eigenvalue weighted by Gasteiger charge is 2.05. The van der Waals surface area contributed by atoms with Gasteiger partial charge in [-0.05, 0) is 11.6 Å². The van der Waals surface area contributed by atoms with Crippen LogP contribution in [0.5, 0.6) is 5.75 Å². The van der Waals surface area contributed by atoms with Gasteiger partial charge in [-0.1, -0.05) is 12.1 Å². The standard InChI is InChI=1S/C9H12FNO/c1-12-9-4-2-3-7(5-10)8(9)6-11/h2-4H,5-6,11H2,1H3. The Morgan fingerprint density at radius 2 is 2.25 bits per heavy atom. The van der Waals surface area contributed by atoms with Crippen molar-refractivity contribution < 1.29 is 9.13 Å². The lowest BCUT2D eigenvalue weighted by atomic mass is 10.1. The van der Waals surface area contributed by atoms with Crippen LogP contribution in [-0.4, -0.2) is 7.11 Å². The number of methoxy groups -OCH3 is 1. The number of rotatable bonds is 3. The fraction of sp³-hybridized carbons (Fsp3) is 0.333. The van der Waals surface area contributed by atoms with E-state index in [0.717, 1.165) is 5.56 Å². The summed E-state index contributed by atoms with van der Waals surface area (Å²) in [5.74, 6) is 0.660. The van der Waals surface area contributed by atoms with E-state index >= 15 is 0 Å². The van der Waals surface area contributed by atoms with Crippen LogP contribution < -0.4 is 10.5 Å². The van der Waals surface area contributed by atoms with Crippen molar-refractivity contribution >= 4 is 0 Å². The number of alkyl halides is 1. The number of benzene rings is 1. The van der Waals surface area contributed by atoms with Crippen LogP contribution in [-0.2, 0) is 13.2 Å². The van der Waals surface area contributed by atoms with Crippen molar-refractivity contribution in [1.29, 1.82) is 0 Å². The monoisotopic (exact) mass is 169 g/mol. The van der Waals surface area contributed by atoms with Crippen molar-refractivity contribution in [3.05, 3.63) is 29.3 Å². The fourth-order valence-electron chi connectivity index (χ4n) is 1.16. The molecule has 0 aliphatic carbocycles. The summed E-state index contributed by atoms with van der Waals surface area (Å²) < 4.78 is 17.4. The lowest BCUT2D eigenvalue weighted by Crippen LogP contribution is -2.03. The Labute approximate surface area is 71.1 Å². The van der Waals surface area contributed by atoms with Crippen molar-refractivity contribution in [2.75, 3.05) is 7.11 Å². The number of hydrogen-bond donors (Lipinski definition) is 1. The molecule has 66 valence electrons. The van der Waals surface area contributed by atoms with E-state index in [1.165, 1.54) is 0 Å². The highest BCUT2D eigenvalue weighted by Crippen LogP contribution is 2.21. The van der Waals surface area contributed by atoms with E-state index in [2.05, 4.69) is 0 Å². The molecule has 0 saturated heterocycles. The largest absolute Gasteiger partial charge is 0.496 e. The Morgan fingerprint density at radius 3 is 2.75 bits per heavy atom. The summed E-state index contributed by atoms with van der Waals surface area (Å²) in [6, 6.07) is 5.25. The van der Waals surface area contributed by atoms with E-state index in [0.29, 0.717) is 17.9 Å². The number of hydrogen-bond acceptors (Lipinski definition) is 2. The third-order valence-corrected chi connectivity index (χ3v) is 1.80. The molecule has 0 aliphatic heterocycles. The molecular weight excluding hydrogens is 157 g/mol. The first kappa shape index (κ1) is 9.00. The molecule has 2 N–H and O–H groups in total. The third kappa shape index (κ3) is 1.56. The SMILES string of the molecule is COc1cccc(CF)c1CN. The number of ether oxygens (including phenoxy) is 1. The van der Waals surface area contributed by atoms with E-state index in [1.807, 2.05) is 0 Å². The molecule has 0 amide bonds. The molecule has 0 saturated carbocycles. The van der Waals surface area contributed by atoms with Gasteiger partial charge in [-0.3, -0.25) is 0 Å². The molecule has 0 radical (unpaired) electrons. The lowest BCUT2D eigenvalue weighted by molar-refractivity contribution is 0.406. The molecule has 0 unspecified atom stereocenters. The van der Waals surface area contributed by atoms with Crippen molar-refractivity contribution in [3.63, 3.8) is 0 Å². The maximum absolute atomic E-state index is 12.4. The van der Waals surface area contributed by atoms with E-state index < -0.39 is 6.67 Å². The van der Waals surface area contributed by atoms with E-state index in [1.54, 1.807) is 25.3 Å². The smallest absolute Gasteiger partial charge is 0.123 e. The summed E-state index contributed by atoms with van der Waals surface area (Å²) in [5.41, 5.74) is 6.82. The topological polar surface area (TPSA) is 35.2 Å². The molecule has 1 aromatic rings. The minimum absolute atomic E-state index is 0.309. The van der Waals surface area contributed by atoms with Crippen LogP contribution in [0.1, 0.15) is 11.1 Å². The lowest BCUT2D eigenvalue weighted by Gasteiger charge is -2.09. The summed E-state index contributed by atoms with van der Waals surface area (Å²) in [6.07, 6.45) is 0. The van der Waals surface area contributed by atoms with Crippen LogP contribution in [0.25, 0.3) is 0 Å². The van der Waals surface area contributed by atoms with E-state index in [-0.39, 0.29) is 0 Å². The van der Waals surface area contributed by atoms with Crippen LogP contribution in [0, 0.1) is 0 Å². The molecule has 12 heavy (non-hydrogen) atoms. The molecule has 2 nitrogen and oxygen atoms in total. The first-order valence-electron chi connectivity index (χ1n) is 3.74. The van der Waals surface area contributed by atoms with Gasteiger partial charge in [0.15, 0.2) is 0 Å². The second-order valence-electron chi connectivity index (χ2n) is 2.44. The number of nitrogens with two attached hydrogens (primary N) is 1. The highest BCUT2D eigenvalue weighted by atomic mass is 19.1. The zero-order valence-electron chi connectivity index (χ0n) is 7.01. The molecule has 0 aromatic heterocycles. The molecular formula is C9H12FNO. The molecule has 1 aromatic carbocycles. The van der Waals surface area contributed by atoms with Gasteiger partial charge in [0.05, 0.1) is 7.11 Å². The molecule has 0 aliphatic rings. The van der Waals surface area contributed by atoms with Crippen molar-refractivity contribution in [1.82, 2.24) is 0 Å². The molecule has 0 spiro atoms. The summed E-state index contributed by atoms with van der Waals surface area (Å²) in [6.45, 7) is -0.188. The van der Waals surface area contributed by atoms with Gasteiger partial charge in [0.1, 0.15) is 12.4 Å². The van der Waals surface area contributed by atoms with Crippen molar-refractivity contribution in [2.24, 2.45) is 5.73 Å². The Balaban J connectivity index is 3.13. The predicted octanol–water partition coefficient (Wildman–Crippen LogP) is 1.62. The van der Waals surface area contributed by atoms with Crippen LogP contribution >= 0.6 is 0 Å². The second kappa shape index (κ2) is 4.07. The Hall–Kier alpha value is -1.09. The minimum atomic E-state index is -0.496. The molecule has 3 heteroatoms. The maximum atomic E-state index is 12.4. The van der Waals surface area contributed by atoms with Gasteiger partial charge in [-0.15, -0.1) is 0 Å². The fourth-order valence-corrected chi connectivity index (χ4v) is 1.16. The van der Waals surface area contributed by atoms with E-state index in [9.17, 15) is 4.39 Å². The van der Waals surface area contributed by atoms with Gasteiger partial charge in [0.25, 0.3) is 0 Å². The average molecular weight is 169 g/mol. The quantitative estimate of drug-likeness (QED) is 0.746. The maximum Gasteiger partial charge on any atom is 0.123 e. The summed E-state index contributed by atoms with van der Waals surface area (Å²) >= 11 is 0. The van der Waals surface area contributed by atoms with Gasteiger partial charge < -0.3 is 10.5 Å². The van der Waals surface area contributed by atoms with Crippen LogP contribution in [0.4, 0.5) is 4.39 Å². The number of halogens is 1. The van der Waals surface area contributed by atoms with Crippen molar-refractivity contribution in [3.8, 4) is 5.75 Å². The van der Waals surface area contributed by atoms with Gasteiger partial charge in [0.2, 0.25) is 0 Å². The summed E-state index contributed by atoms with van der Waals surface area (Å²) in [7, 11) is 1.55. The predicted molar refractivity (Wildman–Crippen MR) is 45.7 cm³/mol. The Kier molecular flexibility index (Phi) is 3.05. The normalized spacial score (nSPS) is 9.92. The summed E-state index contributed by atoms with van der Waals surface area (Å²) in [5, 5.41) is 0. The zero-order chi connectivity index (χ0) is 8.97. The second-order valence-corrected chi connectivity index (χ2v) is 2.44.